The Morgan fingerprint density at radius 1 is 1.30 bits per heavy atom. The second-order valence-electron chi connectivity index (χ2n) is 5.51. The largest absolute Gasteiger partial charge is 0.480 e. The van der Waals surface area contributed by atoms with Gasteiger partial charge < -0.3 is 20.3 Å². The zero-order chi connectivity index (χ0) is 15.6. The molecule has 0 saturated heterocycles. The number of hydrogen-bond donors (Lipinski definition) is 2. The number of unbranched alkanes of at least 4 members (excludes halogenated alkanes) is 1. The van der Waals surface area contributed by atoms with Crippen molar-refractivity contribution in [2.24, 2.45) is 5.73 Å². The Hall–Kier alpha value is -0.690. The van der Waals surface area contributed by atoms with Crippen molar-refractivity contribution in [1.29, 1.82) is 0 Å². The van der Waals surface area contributed by atoms with Crippen LogP contribution in [0.3, 0.4) is 0 Å². The molecule has 0 rings (SSSR count). The molecule has 0 heterocycles. The van der Waals surface area contributed by atoms with Gasteiger partial charge in [-0.25, -0.2) is 0 Å². The molecular weight excluding hydrogens is 260 g/mol. The van der Waals surface area contributed by atoms with E-state index in [4.69, 9.17) is 20.3 Å². The lowest BCUT2D eigenvalue weighted by atomic mass is 9.96. The van der Waals surface area contributed by atoms with Gasteiger partial charge >= 0.3 is 5.97 Å². The summed E-state index contributed by atoms with van der Waals surface area (Å²) in [4.78, 5) is 13.2. The Labute approximate surface area is 122 Å². The van der Waals surface area contributed by atoms with Gasteiger partial charge in [0.2, 0.25) is 0 Å². The predicted molar refractivity (Wildman–Crippen MR) is 78.9 cm³/mol. The van der Waals surface area contributed by atoms with Crippen LogP contribution in [0, 0.1) is 0 Å². The smallest absolute Gasteiger partial charge is 0.323 e. The van der Waals surface area contributed by atoms with Crippen LogP contribution in [0.5, 0.6) is 0 Å². The number of carbonyl (C=O) groups is 1. The van der Waals surface area contributed by atoms with Crippen molar-refractivity contribution in [2.75, 3.05) is 40.5 Å². The Morgan fingerprint density at radius 2 is 1.95 bits per heavy atom. The number of rotatable bonds is 12. The standard InChI is InChI=1S/C14H30N2O4/c1-12(11-20-4)16(9-10-19-3)8-6-5-7-14(2,15)13(17)18/h12H,5-11,15H2,1-4H3,(H,17,18). The molecule has 20 heavy (non-hydrogen) atoms. The lowest BCUT2D eigenvalue weighted by Crippen LogP contribution is -2.45. The van der Waals surface area contributed by atoms with E-state index in [-0.39, 0.29) is 0 Å². The summed E-state index contributed by atoms with van der Waals surface area (Å²) in [6.45, 7) is 6.77. The maximum Gasteiger partial charge on any atom is 0.323 e. The number of nitrogens with zero attached hydrogens (tertiary/aromatic N) is 1. The van der Waals surface area contributed by atoms with E-state index in [0.29, 0.717) is 25.7 Å². The molecule has 0 aliphatic heterocycles. The Balaban J connectivity index is 4.09. The molecule has 0 saturated carbocycles. The normalized spacial score (nSPS) is 16.1. The van der Waals surface area contributed by atoms with Gasteiger partial charge in [-0.1, -0.05) is 0 Å². The number of ether oxygens (including phenoxy) is 2. The molecule has 0 spiro atoms. The topological polar surface area (TPSA) is 85.0 Å². The van der Waals surface area contributed by atoms with E-state index in [9.17, 15) is 4.79 Å². The van der Waals surface area contributed by atoms with Gasteiger partial charge in [0.1, 0.15) is 5.54 Å². The van der Waals surface area contributed by atoms with Crippen molar-refractivity contribution in [3.05, 3.63) is 0 Å². The van der Waals surface area contributed by atoms with Crippen molar-refractivity contribution in [2.45, 2.75) is 44.7 Å². The Bertz CT molecular complexity index is 272. The number of nitrogens with two attached hydrogens (primary N) is 1. The van der Waals surface area contributed by atoms with Gasteiger partial charge in [0.05, 0.1) is 13.2 Å². The van der Waals surface area contributed by atoms with E-state index in [1.165, 1.54) is 0 Å². The quantitative estimate of drug-likeness (QED) is 0.520. The maximum atomic E-state index is 10.9. The SMILES string of the molecule is COCCN(CCCCC(C)(N)C(=O)O)C(C)COC. The van der Waals surface area contributed by atoms with E-state index in [0.717, 1.165) is 25.9 Å². The maximum absolute atomic E-state index is 10.9. The highest BCUT2D eigenvalue weighted by molar-refractivity contribution is 5.77. The molecule has 6 nitrogen and oxygen atoms in total. The summed E-state index contributed by atoms with van der Waals surface area (Å²) in [5.74, 6) is -0.943. The fraction of sp³-hybridized carbons (Fsp3) is 0.929. The molecule has 0 aliphatic rings. The van der Waals surface area contributed by atoms with Crippen molar-refractivity contribution in [3.63, 3.8) is 0 Å². The first kappa shape index (κ1) is 19.3. The van der Waals surface area contributed by atoms with E-state index in [1.54, 1.807) is 21.1 Å². The molecule has 2 unspecified atom stereocenters. The van der Waals surface area contributed by atoms with Gasteiger partial charge in [-0.15, -0.1) is 0 Å². The van der Waals surface area contributed by atoms with Gasteiger partial charge in [0, 0.05) is 26.8 Å². The highest BCUT2D eigenvalue weighted by Crippen LogP contribution is 2.12. The van der Waals surface area contributed by atoms with Gasteiger partial charge in [0.15, 0.2) is 0 Å². The van der Waals surface area contributed by atoms with E-state index < -0.39 is 11.5 Å². The van der Waals surface area contributed by atoms with Gasteiger partial charge in [-0.3, -0.25) is 9.69 Å². The third-order valence-electron chi connectivity index (χ3n) is 3.49. The molecule has 0 aliphatic carbocycles. The average Bonchev–Trinajstić information content (AvgIpc) is 2.37. The monoisotopic (exact) mass is 290 g/mol. The van der Waals surface area contributed by atoms with E-state index in [2.05, 4.69) is 11.8 Å². The van der Waals surface area contributed by atoms with Crippen LogP contribution in [0.4, 0.5) is 0 Å². The molecule has 120 valence electrons. The van der Waals surface area contributed by atoms with Crippen LogP contribution in [-0.2, 0) is 14.3 Å². The predicted octanol–water partition coefficient (Wildman–Crippen LogP) is 0.942. The summed E-state index contributed by atoms with van der Waals surface area (Å²) < 4.78 is 10.3. The third kappa shape index (κ3) is 7.79. The van der Waals surface area contributed by atoms with Gasteiger partial charge in [0.25, 0.3) is 0 Å². The molecule has 3 N–H and O–H groups in total. The van der Waals surface area contributed by atoms with Crippen molar-refractivity contribution < 1.29 is 19.4 Å². The number of methoxy groups -OCH3 is 2. The number of hydrogen-bond acceptors (Lipinski definition) is 5. The fourth-order valence-electron chi connectivity index (χ4n) is 2.02. The minimum atomic E-state index is -1.13. The van der Waals surface area contributed by atoms with Crippen LogP contribution in [0.25, 0.3) is 0 Å². The van der Waals surface area contributed by atoms with Gasteiger partial charge in [-0.2, -0.15) is 0 Å². The van der Waals surface area contributed by atoms with Crippen LogP contribution in [0.1, 0.15) is 33.1 Å². The number of aliphatic carboxylic acids is 1. The molecular formula is C14H30N2O4. The average molecular weight is 290 g/mol. The second kappa shape index (κ2) is 10.1. The summed E-state index contributed by atoms with van der Waals surface area (Å²) in [7, 11) is 3.38. The highest BCUT2D eigenvalue weighted by Gasteiger charge is 2.27. The zero-order valence-electron chi connectivity index (χ0n) is 13.2. The third-order valence-corrected chi connectivity index (χ3v) is 3.49. The van der Waals surface area contributed by atoms with Crippen LogP contribution in [0.15, 0.2) is 0 Å². The minimum Gasteiger partial charge on any atom is -0.480 e. The van der Waals surface area contributed by atoms with Crippen molar-refractivity contribution >= 4 is 5.97 Å². The molecule has 0 bridgehead atoms. The first-order valence-corrected chi connectivity index (χ1v) is 7.09. The van der Waals surface area contributed by atoms with Crippen LogP contribution in [0.2, 0.25) is 0 Å². The summed E-state index contributed by atoms with van der Waals surface area (Å²) in [6, 6.07) is 0.318. The lowest BCUT2D eigenvalue weighted by Gasteiger charge is -2.28. The van der Waals surface area contributed by atoms with E-state index >= 15 is 0 Å². The summed E-state index contributed by atoms with van der Waals surface area (Å²) >= 11 is 0. The molecule has 0 aromatic carbocycles. The molecule has 0 aromatic heterocycles. The molecule has 2 atom stereocenters. The molecule has 0 fully saturated rings. The molecule has 0 amide bonds. The Morgan fingerprint density at radius 3 is 2.45 bits per heavy atom. The minimum absolute atomic E-state index is 0.318. The second-order valence-corrected chi connectivity index (χ2v) is 5.51. The van der Waals surface area contributed by atoms with Crippen LogP contribution in [-0.4, -0.2) is 68.1 Å². The summed E-state index contributed by atoms with van der Waals surface area (Å²) in [5, 5.41) is 8.96. The zero-order valence-corrected chi connectivity index (χ0v) is 13.2. The van der Waals surface area contributed by atoms with Gasteiger partial charge in [-0.05, 0) is 39.7 Å². The van der Waals surface area contributed by atoms with Crippen molar-refractivity contribution in [1.82, 2.24) is 4.90 Å². The fourth-order valence-corrected chi connectivity index (χ4v) is 2.02. The summed E-state index contributed by atoms with van der Waals surface area (Å²) in [5.41, 5.74) is 4.58. The first-order chi connectivity index (χ1) is 9.35. The first-order valence-electron chi connectivity index (χ1n) is 7.09. The number of carboxylic acid groups (broad SMARTS) is 1. The highest BCUT2D eigenvalue weighted by atomic mass is 16.5. The number of carboxylic acids is 1. The van der Waals surface area contributed by atoms with Crippen LogP contribution < -0.4 is 5.73 Å². The Kier molecular flexibility index (Phi) is 9.75. The lowest BCUT2D eigenvalue weighted by molar-refractivity contribution is -0.142. The van der Waals surface area contributed by atoms with E-state index in [1.807, 2.05) is 0 Å². The van der Waals surface area contributed by atoms with Crippen molar-refractivity contribution in [3.8, 4) is 0 Å². The molecule has 0 aromatic rings. The molecule has 0 radical (unpaired) electrons. The molecule has 6 heteroatoms. The van der Waals surface area contributed by atoms with Crippen LogP contribution >= 0.6 is 0 Å². The summed E-state index contributed by atoms with van der Waals surface area (Å²) in [6.07, 6.45) is 2.19.